The molecule has 2 N–H and O–H groups in total. The molecular formula is C19H17N5. The summed E-state index contributed by atoms with van der Waals surface area (Å²) in [6.45, 7) is 4.04. The van der Waals surface area contributed by atoms with Gasteiger partial charge in [0.1, 0.15) is 11.6 Å². The zero-order valence-electron chi connectivity index (χ0n) is 13.5. The number of anilines is 4. The van der Waals surface area contributed by atoms with Gasteiger partial charge in [0.05, 0.1) is 6.20 Å². The molecule has 0 saturated heterocycles. The number of nitriles is 1. The van der Waals surface area contributed by atoms with Crippen LogP contribution >= 0.6 is 0 Å². The highest BCUT2D eigenvalue weighted by atomic mass is 15.1. The third kappa shape index (κ3) is 3.68. The van der Waals surface area contributed by atoms with Crippen molar-refractivity contribution >= 4 is 23.1 Å². The molecule has 0 amide bonds. The number of nitrogens with zero attached hydrogens (tertiary/aromatic N) is 3. The highest BCUT2D eigenvalue weighted by molar-refractivity contribution is 5.65. The molecule has 1 heterocycles. The largest absolute Gasteiger partial charge is 0.339 e. The molecule has 3 aromatic rings. The van der Waals surface area contributed by atoms with E-state index in [0.29, 0.717) is 17.3 Å². The number of hydrogen-bond donors (Lipinski definition) is 2. The first-order chi connectivity index (χ1) is 11.6. The lowest BCUT2D eigenvalue weighted by Crippen LogP contribution is -2.03. The average Bonchev–Trinajstić information content (AvgIpc) is 2.55. The van der Waals surface area contributed by atoms with E-state index >= 15 is 0 Å². The van der Waals surface area contributed by atoms with Crippen LogP contribution < -0.4 is 10.6 Å². The summed E-state index contributed by atoms with van der Waals surface area (Å²) < 4.78 is 0. The molecule has 5 heteroatoms. The third-order valence-corrected chi connectivity index (χ3v) is 3.46. The maximum absolute atomic E-state index is 9.28. The molecule has 5 nitrogen and oxygen atoms in total. The van der Waals surface area contributed by atoms with Gasteiger partial charge in [-0.2, -0.15) is 10.2 Å². The van der Waals surface area contributed by atoms with E-state index in [1.807, 2.05) is 62.4 Å². The minimum absolute atomic E-state index is 0.395. The van der Waals surface area contributed by atoms with Crippen LogP contribution in [0.15, 0.2) is 54.7 Å². The van der Waals surface area contributed by atoms with Crippen molar-refractivity contribution in [1.82, 2.24) is 9.97 Å². The Kier molecular flexibility index (Phi) is 4.39. The third-order valence-electron chi connectivity index (χ3n) is 3.46. The SMILES string of the molecule is Cc1cccc(Nc2ncc(C#N)c(Nc3cccc(C)c3)n2)c1. The van der Waals surface area contributed by atoms with E-state index in [2.05, 4.69) is 26.7 Å². The average molecular weight is 315 g/mol. The van der Waals surface area contributed by atoms with Gasteiger partial charge in [0.25, 0.3) is 0 Å². The normalized spacial score (nSPS) is 10.0. The van der Waals surface area contributed by atoms with Gasteiger partial charge in [-0.15, -0.1) is 0 Å². The van der Waals surface area contributed by atoms with Gasteiger partial charge < -0.3 is 10.6 Å². The number of hydrogen-bond acceptors (Lipinski definition) is 5. The number of rotatable bonds is 4. The summed E-state index contributed by atoms with van der Waals surface area (Å²) in [6, 6.07) is 18.0. The Labute approximate surface area is 141 Å². The van der Waals surface area contributed by atoms with Crippen LogP contribution in [-0.4, -0.2) is 9.97 Å². The molecule has 24 heavy (non-hydrogen) atoms. The lowest BCUT2D eigenvalue weighted by atomic mass is 10.2. The van der Waals surface area contributed by atoms with Crippen molar-refractivity contribution in [3.05, 3.63) is 71.4 Å². The zero-order valence-corrected chi connectivity index (χ0v) is 13.5. The Morgan fingerprint density at radius 1 is 0.917 bits per heavy atom. The van der Waals surface area contributed by atoms with Crippen LogP contribution in [0.5, 0.6) is 0 Å². The van der Waals surface area contributed by atoms with Gasteiger partial charge in [0, 0.05) is 11.4 Å². The summed E-state index contributed by atoms with van der Waals surface area (Å²) in [5, 5.41) is 15.6. The van der Waals surface area contributed by atoms with Gasteiger partial charge in [0.2, 0.25) is 5.95 Å². The Balaban J connectivity index is 1.89. The van der Waals surface area contributed by atoms with Crippen LogP contribution in [-0.2, 0) is 0 Å². The molecule has 0 radical (unpaired) electrons. The van der Waals surface area contributed by atoms with Crippen molar-refractivity contribution in [2.24, 2.45) is 0 Å². The second-order valence-electron chi connectivity index (χ2n) is 5.56. The molecule has 0 aliphatic rings. The molecule has 0 aliphatic heterocycles. The van der Waals surface area contributed by atoms with Gasteiger partial charge in [-0.3, -0.25) is 0 Å². The molecule has 0 aliphatic carbocycles. The van der Waals surface area contributed by atoms with Crippen LogP contribution in [0, 0.1) is 25.2 Å². The lowest BCUT2D eigenvalue weighted by Gasteiger charge is -2.10. The van der Waals surface area contributed by atoms with E-state index < -0.39 is 0 Å². The second kappa shape index (κ2) is 6.80. The van der Waals surface area contributed by atoms with Crippen molar-refractivity contribution in [3.63, 3.8) is 0 Å². The summed E-state index contributed by atoms with van der Waals surface area (Å²) in [7, 11) is 0. The molecule has 0 bridgehead atoms. The Hall–Kier alpha value is -3.39. The van der Waals surface area contributed by atoms with Gasteiger partial charge >= 0.3 is 0 Å². The highest BCUT2D eigenvalue weighted by Crippen LogP contribution is 2.21. The van der Waals surface area contributed by atoms with Gasteiger partial charge in [-0.1, -0.05) is 24.3 Å². The Morgan fingerprint density at radius 2 is 1.54 bits per heavy atom. The van der Waals surface area contributed by atoms with Crippen LogP contribution in [0.4, 0.5) is 23.1 Å². The molecular weight excluding hydrogens is 298 g/mol. The van der Waals surface area contributed by atoms with Crippen molar-refractivity contribution in [2.45, 2.75) is 13.8 Å². The molecule has 0 saturated carbocycles. The fourth-order valence-corrected chi connectivity index (χ4v) is 2.33. The zero-order chi connectivity index (χ0) is 16.9. The van der Waals surface area contributed by atoms with Crippen molar-refractivity contribution in [2.75, 3.05) is 10.6 Å². The fraction of sp³-hybridized carbons (Fsp3) is 0.105. The monoisotopic (exact) mass is 315 g/mol. The smallest absolute Gasteiger partial charge is 0.229 e. The first kappa shape index (κ1) is 15.5. The summed E-state index contributed by atoms with van der Waals surface area (Å²) in [5.41, 5.74) is 4.46. The minimum Gasteiger partial charge on any atom is -0.339 e. The minimum atomic E-state index is 0.395. The Bertz CT molecular complexity index is 912. The van der Waals surface area contributed by atoms with Crippen LogP contribution in [0.3, 0.4) is 0 Å². The van der Waals surface area contributed by atoms with Crippen molar-refractivity contribution in [1.29, 1.82) is 5.26 Å². The quantitative estimate of drug-likeness (QED) is 0.744. The van der Waals surface area contributed by atoms with Crippen LogP contribution in [0.25, 0.3) is 0 Å². The lowest BCUT2D eigenvalue weighted by molar-refractivity contribution is 1.15. The van der Waals surface area contributed by atoms with E-state index in [-0.39, 0.29) is 0 Å². The van der Waals surface area contributed by atoms with E-state index in [1.165, 1.54) is 6.20 Å². The van der Waals surface area contributed by atoms with Crippen LogP contribution in [0.1, 0.15) is 16.7 Å². The molecule has 0 atom stereocenters. The van der Waals surface area contributed by atoms with Crippen molar-refractivity contribution in [3.8, 4) is 6.07 Å². The second-order valence-corrected chi connectivity index (χ2v) is 5.56. The summed E-state index contributed by atoms with van der Waals surface area (Å²) >= 11 is 0. The van der Waals surface area contributed by atoms with Gasteiger partial charge in [-0.25, -0.2) is 4.98 Å². The Morgan fingerprint density at radius 3 is 2.12 bits per heavy atom. The van der Waals surface area contributed by atoms with Gasteiger partial charge in [-0.05, 0) is 49.2 Å². The predicted octanol–water partition coefficient (Wildman–Crippen LogP) is 4.45. The van der Waals surface area contributed by atoms with E-state index in [4.69, 9.17) is 0 Å². The van der Waals surface area contributed by atoms with E-state index in [0.717, 1.165) is 22.5 Å². The molecule has 0 unspecified atom stereocenters. The maximum atomic E-state index is 9.28. The fourth-order valence-electron chi connectivity index (χ4n) is 2.33. The molecule has 3 rings (SSSR count). The molecule has 1 aromatic heterocycles. The summed E-state index contributed by atoms with van der Waals surface area (Å²) in [5.74, 6) is 0.919. The molecule has 0 spiro atoms. The number of aryl methyl sites for hydroxylation is 2. The number of aromatic nitrogens is 2. The van der Waals surface area contributed by atoms with Crippen LogP contribution in [0.2, 0.25) is 0 Å². The summed E-state index contributed by atoms with van der Waals surface area (Å²) in [4.78, 5) is 8.65. The number of benzene rings is 2. The predicted molar refractivity (Wildman–Crippen MR) is 95.7 cm³/mol. The van der Waals surface area contributed by atoms with Gasteiger partial charge in [0.15, 0.2) is 5.82 Å². The first-order valence-corrected chi connectivity index (χ1v) is 7.58. The first-order valence-electron chi connectivity index (χ1n) is 7.58. The molecule has 0 fully saturated rings. The molecule has 118 valence electrons. The van der Waals surface area contributed by atoms with Crippen molar-refractivity contribution < 1.29 is 0 Å². The van der Waals surface area contributed by atoms with E-state index in [9.17, 15) is 5.26 Å². The summed E-state index contributed by atoms with van der Waals surface area (Å²) in [6.07, 6.45) is 1.52. The number of nitrogens with one attached hydrogen (secondary N) is 2. The maximum Gasteiger partial charge on any atom is 0.229 e. The standard InChI is InChI=1S/C19H17N5/c1-13-5-3-7-16(9-13)22-18-15(11-20)12-21-19(24-18)23-17-8-4-6-14(2)10-17/h3-10,12H,1-2H3,(H2,21,22,23,24). The highest BCUT2D eigenvalue weighted by Gasteiger charge is 2.08. The van der Waals surface area contributed by atoms with E-state index in [1.54, 1.807) is 0 Å². The topological polar surface area (TPSA) is 73.6 Å². The molecule has 2 aromatic carbocycles.